The lowest BCUT2D eigenvalue weighted by Gasteiger charge is -1.95. The first-order valence-electron chi connectivity index (χ1n) is 2.77. The molecule has 10 heavy (non-hydrogen) atoms. The summed E-state index contributed by atoms with van der Waals surface area (Å²) in [4.78, 5) is 0. The molecule has 0 fully saturated rings. The van der Waals surface area contributed by atoms with Crippen LogP contribution in [0, 0.1) is 11.3 Å². The van der Waals surface area contributed by atoms with Crippen molar-refractivity contribution in [1.82, 2.24) is 0 Å². The summed E-state index contributed by atoms with van der Waals surface area (Å²) in [5.41, 5.74) is 3.13. The number of hydrogen-bond acceptors (Lipinski definition) is 3. The number of nitrogens with one attached hydrogen (secondary N) is 1. The van der Waals surface area contributed by atoms with Gasteiger partial charge in [0.25, 0.3) is 0 Å². The Morgan fingerprint density at radius 2 is 2.00 bits per heavy atom. The maximum Gasteiger partial charge on any atom is 0.0991 e. The summed E-state index contributed by atoms with van der Waals surface area (Å²) in [6.45, 7) is 0. The van der Waals surface area contributed by atoms with E-state index in [1.54, 1.807) is 24.3 Å². The second-order valence-corrected chi connectivity index (χ2v) is 1.80. The summed E-state index contributed by atoms with van der Waals surface area (Å²) in [6, 6.07) is 8.46. The molecule has 2 N–H and O–H groups in total. The van der Waals surface area contributed by atoms with Gasteiger partial charge in [0, 0.05) is 1.43 Å². The minimum atomic E-state index is 0. The van der Waals surface area contributed by atoms with Crippen LogP contribution in [-0.4, -0.2) is 5.21 Å². The van der Waals surface area contributed by atoms with Gasteiger partial charge in [0.2, 0.25) is 0 Å². The number of nitriles is 1. The molecule has 3 heteroatoms. The van der Waals surface area contributed by atoms with Gasteiger partial charge in [0.1, 0.15) is 0 Å². The molecule has 0 atom stereocenters. The van der Waals surface area contributed by atoms with Crippen LogP contribution in [-0.2, 0) is 0 Å². The summed E-state index contributed by atoms with van der Waals surface area (Å²) >= 11 is 0. The zero-order valence-corrected chi connectivity index (χ0v) is 5.20. The highest BCUT2D eigenvalue weighted by Gasteiger charge is 1.88. The van der Waals surface area contributed by atoms with Crippen molar-refractivity contribution >= 4 is 5.69 Å². The first-order valence-corrected chi connectivity index (χ1v) is 2.77. The van der Waals surface area contributed by atoms with Gasteiger partial charge in [-0.2, -0.15) is 5.26 Å². The molecule has 0 aliphatic rings. The van der Waals surface area contributed by atoms with Gasteiger partial charge in [-0.3, -0.25) is 10.7 Å². The lowest BCUT2D eigenvalue weighted by Crippen LogP contribution is -1.87. The molecule has 0 unspecified atom stereocenters. The lowest BCUT2D eigenvalue weighted by molar-refractivity contribution is 0.389. The zero-order valence-electron chi connectivity index (χ0n) is 5.20. The van der Waals surface area contributed by atoms with Crippen LogP contribution in [0.3, 0.4) is 0 Å². The Morgan fingerprint density at radius 1 is 1.40 bits per heavy atom. The fourth-order valence-electron chi connectivity index (χ4n) is 0.619. The molecule has 0 heterocycles. The highest BCUT2D eigenvalue weighted by atomic mass is 16.5. The van der Waals surface area contributed by atoms with Crippen molar-refractivity contribution in [2.45, 2.75) is 0 Å². The average Bonchev–Trinajstić information content (AvgIpc) is 2.05. The quantitative estimate of drug-likeness (QED) is 0.576. The van der Waals surface area contributed by atoms with Crippen LogP contribution in [0.1, 0.15) is 6.99 Å². The van der Waals surface area contributed by atoms with Crippen molar-refractivity contribution < 1.29 is 6.63 Å². The number of hydrogen-bond donors (Lipinski definition) is 2. The van der Waals surface area contributed by atoms with E-state index in [4.69, 9.17) is 10.5 Å². The topological polar surface area (TPSA) is 56.0 Å². The minimum absolute atomic E-state index is 0. The van der Waals surface area contributed by atoms with Crippen molar-refractivity contribution in [3.05, 3.63) is 29.8 Å². The van der Waals surface area contributed by atoms with Gasteiger partial charge in [0.15, 0.2) is 0 Å². The summed E-state index contributed by atoms with van der Waals surface area (Å²) in [5.74, 6) is 0. The van der Waals surface area contributed by atoms with Gasteiger partial charge in [-0.1, -0.05) is 0 Å². The van der Waals surface area contributed by atoms with E-state index in [9.17, 15) is 0 Å². The maximum absolute atomic E-state index is 8.37. The zero-order chi connectivity index (χ0) is 7.40. The van der Waals surface area contributed by atoms with E-state index in [-0.39, 0.29) is 1.43 Å². The van der Waals surface area contributed by atoms with Gasteiger partial charge in [-0.25, -0.2) is 0 Å². The summed E-state index contributed by atoms with van der Waals surface area (Å²) in [6.07, 6.45) is 0. The minimum Gasteiger partial charge on any atom is -0.291 e. The summed E-state index contributed by atoms with van der Waals surface area (Å²) in [5, 5.41) is 16.7. The molecule has 1 aromatic rings. The predicted molar refractivity (Wildman–Crippen MR) is 38.7 cm³/mol. The molecular formula is C7H8N2O. The highest BCUT2D eigenvalue weighted by molar-refractivity contribution is 5.45. The highest BCUT2D eigenvalue weighted by Crippen LogP contribution is 2.06. The van der Waals surface area contributed by atoms with Gasteiger partial charge in [-0.15, -0.1) is 0 Å². The molecule has 0 amide bonds. The fourth-order valence-corrected chi connectivity index (χ4v) is 0.619. The molecular weight excluding hydrogens is 128 g/mol. The van der Waals surface area contributed by atoms with E-state index in [1.165, 1.54) is 0 Å². The Balaban J connectivity index is 0.000001000. The van der Waals surface area contributed by atoms with Gasteiger partial charge in [0.05, 0.1) is 17.3 Å². The second kappa shape index (κ2) is 2.85. The lowest BCUT2D eigenvalue weighted by atomic mass is 10.2. The van der Waals surface area contributed by atoms with E-state index in [1.807, 2.05) is 11.5 Å². The first kappa shape index (κ1) is 6.59. The smallest absolute Gasteiger partial charge is 0.0991 e. The Hall–Kier alpha value is -1.53. The predicted octanol–water partition coefficient (Wildman–Crippen LogP) is 1.61. The molecule has 0 spiro atoms. The molecule has 0 aliphatic heterocycles. The Kier molecular flexibility index (Phi) is 1.88. The van der Waals surface area contributed by atoms with Crippen LogP contribution in [0.15, 0.2) is 24.3 Å². The molecule has 1 rings (SSSR count). The van der Waals surface area contributed by atoms with Gasteiger partial charge >= 0.3 is 0 Å². The van der Waals surface area contributed by atoms with E-state index in [0.717, 1.165) is 0 Å². The molecule has 52 valence electrons. The van der Waals surface area contributed by atoms with Gasteiger partial charge in [-0.05, 0) is 24.3 Å². The molecule has 1 aromatic carbocycles. The normalized spacial score (nSPS) is 8.40. The van der Waals surface area contributed by atoms with E-state index < -0.39 is 0 Å². The van der Waals surface area contributed by atoms with Crippen molar-refractivity contribution in [2.24, 2.45) is 0 Å². The molecule has 0 bridgehead atoms. The van der Waals surface area contributed by atoms with Crippen LogP contribution < -0.4 is 5.48 Å². The van der Waals surface area contributed by atoms with Crippen LogP contribution in [0.4, 0.5) is 5.69 Å². The monoisotopic (exact) mass is 136 g/mol. The number of rotatable bonds is 1. The number of nitrogens with zero attached hydrogens (tertiary/aromatic N) is 1. The first-order chi connectivity index (χ1) is 4.86. The second-order valence-electron chi connectivity index (χ2n) is 1.80. The van der Waals surface area contributed by atoms with Crippen molar-refractivity contribution in [2.75, 3.05) is 5.48 Å². The number of anilines is 1. The van der Waals surface area contributed by atoms with E-state index in [2.05, 4.69) is 0 Å². The third kappa shape index (κ3) is 1.24. The SMILES string of the molecule is N#Cc1ccc(NO)cc1.[HH]. The Morgan fingerprint density at radius 3 is 2.40 bits per heavy atom. The van der Waals surface area contributed by atoms with Crippen molar-refractivity contribution in [1.29, 1.82) is 5.26 Å². The molecule has 3 nitrogen and oxygen atoms in total. The molecule has 0 saturated heterocycles. The standard InChI is InChI=1S/C7H6N2O.H2/c8-5-6-1-3-7(9-10)4-2-6;/h1-4,9-10H;1H. The Bertz CT molecular complexity index is 252. The third-order valence-corrected chi connectivity index (χ3v) is 1.14. The largest absolute Gasteiger partial charge is 0.291 e. The van der Waals surface area contributed by atoms with E-state index in [0.29, 0.717) is 11.3 Å². The fraction of sp³-hybridized carbons (Fsp3) is 0. The van der Waals surface area contributed by atoms with Crippen molar-refractivity contribution in [3.63, 3.8) is 0 Å². The molecule has 0 aliphatic carbocycles. The van der Waals surface area contributed by atoms with Crippen LogP contribution >= 0.6 is 0 Å². The van der Waals surface area contributed by atoms with Gasteiger partial charge < -0.3 is 0 Å². The Labute approximate surface area is 60.0 Å². The number of benzene rings is 1. The van der Waals surface area contributed by atoms with Crippen LogP contribution in [0.25, 0.3) is 0 Å². The molecule has 0 radical (unpaired) electrons. The summed E-state index contributed by atoms with van der Waals surface area (Å²) < 4.78 is 0. The maximum atomic E-state index is 8.37. The van der Waals surface area contributed by atoms with Crippen molar-refractivity contribution in [3.8, 4) is 6.07 Å². The van der Waals surface area contributed by atoms with Crippen LogP contribution in [0.5, 0.6) is 0 Å². The summed E-state index contributed by atoms with van der Waals surface area (Å²) in [7, 11) is 0. The van der Waals surface area contributed by atoms with E-state index >= 15 is 0 Å². The molecule has 0 saturated carbocycles. The third-order valence-electron chi connectivity index (χ3n) is 1.14. The average molecular weight is 136 g/mol. The molecule has 0 aromatic heterocycles. The van der Waals surface area contributed by atoms with Crippen LogP contribution in [0.2, 0.25) is 0 Å².